The number of carbonyl (C=O) groups excluding carboxylic acids is 3. The van der Waals surface area contributed by atoms with Crippen molar-refractivity contribution in [3.63, 3.8) is 0 Å². The number of nitrogens with zero attached hydrogens (tertiary/aromatic N) is 5. The molecule has 18 heteroatoms. The van der Waals surface area contributed by atoms with Gasteiger partial charge >= 0.3 is 11.1 Å². The third kappa shape index (κ3) is 5.64. The zero-order valence-corrected chi connectivity index (χ0v) is 23.3. The van der Waals surface area contributed by atoms with Crippen LogP contribution in [0.2, 0.25) is 0 Å². The normalized spacial score (nSPS) is 19.1. The Balaban J connectivity index is 1.42. The number of allylic oxidation sites excluding steroid dienone is 1. The molecule has 2 aliphatic heterocycles. The number of fused-ring (bicyclic) bond motifs is 1. The summed E-state index contributed by atoms with van der Waals surface area (Å²) >= 11 is 9.33. The number of hydrogen-bond donors (Lipinski definition) is 3. The van der Waals surface area contributed by atoms with Gasteiger partial charge in [0, 0.05) is 29.6 Å². The molecule has 4 heterocycles. The zero-order valence-electron chi connectivity index (χ0n) is 20.1. The number of β-lactam (4-membered cyclic amide) rings is 1. The van der Waals surface area contributed by atoms with Gasteiger partial charge in [-0.05, 0) is 12.5 Å². The molecule has 3 N–H and O–H groups in total. The highest BCUT2D eigenvalue weighted by Gasteiger charge is 2.51. The van der Waals surface area contributed by atoms with E-state index in [4.69, 9.17) is 16.4 Å². The summed E-state index contributed by atoms with van der Waals surface area (Å²) < 4.78 is 1.37. The van der Waals surface area contributed by atoms with Gasteiger partial charge in [0.15, 0.2) is 16.0 Å². The van der Waals surface area contributed by atoms with Crippen molar-refractivity contribution in [2.75, 3.05) is 29.8 Å². The van der Waals surface area contributed by atoms with E-state index >= 15 is 0 Å². The Morgan fingerprint density at radius 1 is 1.34 bits per heavy atom. The second-order valence-corrected chi connectivity index (χ2v) is 11.1. The van der Waals surface area contributed by atoms with Crippen LogP contribution in [-0.2, 0) is 26.3 Å². The number of oxime groups is 1. The molecule has 0 aliphatic carbocycles. The lowest BCUT2D eigenvalue weighted by Gasteiger charge is -2.50. The van der Waals surface area contributed by atoms with Gasteiger partial charge in [-0.25, -0.2) is 4.98 Å². The van der Waals surface area contributed by atoms with E-state index in [0.29, 0.717) is 16.7 Å². The lowest BCUT2D eigenvalue weighted by molar-refractivity contribution is -0.145. The third-order valence-electron chi connectivity index (χ3n) is 5.47. The minimum absolute atomic E-state index is 0.148. The van der Waals surface area contributed by atoms with Crippen molar-refractivity contribution < 1.29 is 19.2 Å². The monoisotopic (exact) mass is 600 g/mol. The Labute approximate surface area is 232 Å². The Morgan fingerprint density at radius 3 is 2.82 bits per heavy atom. The number of thioether (sulfide) groups is 2. The highest BCUT2D eigenvalue weighted by atomic mass is 35.5. The van der Waals surface area contributed by atoms with Crippen LogP contribution in [0.4, 0.5) is 5.13 Å². The van der Waals surface area contributed by atoms with Gasteiger partial charge in [-0.3, -0.25) is 38.7 Å². The van der Waals surface area contributed by atoms with E-state index in [1.54, 1.807) is 11.9 Å². The molecule has 0 saturated carbocycles. The topological polar surface area (TPSA) is 181 Å². The van der Waals surface area contributed by atoms with Gasteiger partial charge in [0.25, 0.3) is 11.8 Å². The second-order valence-electron chi connectivity index (χ2n) is 7.88. The first-order chi connectivity index (χ1) is 18.1. The summed E-state index contributed by atoms with van der Waals surface area (Å²) in [5, 5.41) is 13.2. The van der Waals surface area contributed by atoms with E-state index in [-0.39, 0.29) is 33.7 Å². The summed E-state index contributed by atoms with van der Waals surface area (Å²) in [7, 11) is 2.86. The third-order valence-corrected chi connectivity index (χ3v) is 8.92. The summed E-state index contributed by atoms with van der Waals surface area (Å²) in [6, 6.07) is -0.783. The smallest absolute Gasteiger partial charge is 0.339 e. The van der Waals surface area contributed by atoms with Gasteiger partial charge in [0.1, 0.15) is 30.1 Å². The lowest BCUT2D eigenvalue weighted by Crippen LogP contribution is -2.70. The number of thiazole rings is 1. The van der Waals surface area contributed by atoms with Gasteiger partial charge in [-0.2, -0.15) is 4.98 Å². The van der Waals surface area contributed by atoms with E-state index in [0.717, 1.165) is 22.6 Å². The summed E-state index contributed by atoms with van der Waals surface area (Å²) in [6.45, 7) is 1.82. The molecule has 2 aromatic rings. The number of hydrogen-bond acceptors (Lipinski definition) is 12. The van der Waals surface area contributed by atoms with Crippen LogP contribution in [0.3, 0.4) is 0 Å². The molecule has 3 amide bonds. The van der Waals surface area contributed by atoms with Crippen molar-refractivity contribution in [3.05, 3.63) is 43.1 Å². The molecule has 202 valence electrons. The van der Waals surface area contributed by atoms with Crippen molar-refractivity contribution in [1.29, 1.82) is 0 Å². The summed E-state index contributed by atoms with van der Waals surface area (Å²) in [5.74, 6) is -0.584. The van der Waals surface area contributed by atoms with Gasteiger partial charge < -0.3 is 15.5 Å². The SMILES string of the molecule is CO/N=C(\C(=O)NC1C(=O)N2C(C)=C(CSc3nc(=O)c(=O)[nH]n3C)CSC12)c1csc(NC(=O)CCl)n1. The van der Waals surface area contributed by atoms with Crippen LogP contribution >= 0.6 is 46.5 Å². The number of anilines is 1. The maximum Gasteiger partial charge on any atom is 0.339 e. The molecule has 0 spiro atoms. The van der Waals surface area contributed by atoms with Crippen LogP contribution in [0.5, 0.6) is 0 Å². The molecule has 2 aromatic heterocycles. The first-order valence-corrected chi connectivity index (χ1v) is 14.3. The quantitative estimate of drug-likeness (QED) is 0.0879. The van der Waals surface area contributed by atoms with Gasteiger partial charge in [0.2, 0.25) is 5.91 Å². The number of amides is 3. The number of aromatic amines is 1. The fourth-order valence-electron chi connectivity index (χ4n) is 3.57. The van der Waals surface area contributed by atoms with Crippen molar-refractivity contribution >= 4 is 75.0 Å². The summed E-state index contributed by atoms with van der Waals surface area (Å²) in [4.78, 5) is 74.9. The number of aromatic nitrogens is 4. The predicted molar refractivity (Wildman–Crippen MR) is 144 cm³/mol. The highest BCUT2D eigenvalue weighted by molar-refractivity contribution is 8.01. The summed E-state index contributed by atoms with van der Waals surface area (Å²) in [5.41, 5.74) is 0.0812. The molecule has 0 aromatic carbocycles. The van der Waals surface area contributed by atoms with E-state index in [1.165, 1.54) is 40.7 Å². The number of halogens is 1. The van der Waals surface area contributed by atoms with Gasteiger partial charge in [-0.15, -0.1) is 34.7 Å². The molecule has 2 atom stereocenters. The van der Waals surface area contributed by atoms with Crippen molar-refractivity contribution in [2.45, 2.75) is 23.5 Å². The molecule has 0 bridgehead atoms. The molecule has 1 fully saturated rings. The Kier molecular flexibility index (Phi) is 8.59. The van der Waals surface area contributed by atoms with E-state index in [1.807, 2.05) is 6.92 Å². The van der Waals surface area contributed by atoms with Crippen molar-refractivity contribution in [2.24, 2.45) is 12.2 Å². The van der Waals surface area contributed by atoms with Gasteiger partial charge in [-0.1, -0.05) is 16.9 Å². The van der Waals surface area contributed by atoms with Crippen molar-refractivity contribution in [1.82, 2.24) is 30.0 Å². The molecule has 1 saturated heterocycles. The number of H-pyrrole nitrogens is 1. The molecule has 38 heavy (non-hydrogen) atoms. The minimum Gasteiger partial charge on any atom is -0.398 e. The Bertz CT molecular complexity index is 1470. The molecule has 2 unspecified atom stereocenters. The largest absolute Gasteiger partial charge is 0.398 e. The first kappa shape index (κ1) is 27.9. The van der Waals surface area contributed by atoms with Crippen LogP contribution in [-0.4, -0.2) is 84.0 Å². The number of nitrogens with one attached hydrogen (secondary N) is 3. The average molecular weight is 601 g/mol. The number of aryl methyl sites for hydroxylation is 1. The van der Waals surface area contributed by atoms with Crippen LogP contribution in [0, 0.1) is 0 Å². The standard InChI is InChI=1S/C20H21ClN8O6S3/c1-8-9(6-38-20-25-15(32)16(33)26-28(20)2)5-36-18-13(17(34)29(8)18)24-14(31)12(27-35-3)10-7-37-19(22-10)23-11(30)4-21/h7,13,18H,4-6H2,1-3H3,(H,24,31)(H,26,33)(H,22,23,30)/b27-12-. The van der Waals surface area contributed by atoms with Crippen LogP contribution in [0.25, 0.3) is 0 Å². The van der Waals surface area contributed by atoms with Gasteiger partial charge in [0.05, 0.1) is 0 Å². The first-order valence-electron chi connectivity index (χ1n) is 10.8. The molecular formula is C20H21ClN8O6S3. The van der Waals surface area contributed by atoms with Crippen molar-refractivity contribution in [3.8, 4) is 0 Å². The lowest BCUT2D eigenvalue weighted by atomic mass is 10.0. The van der Waals surface area contributed by atoms with Crippen LogP contribution in [0.1, 0.15) is 12.6 Å². The van der Waals surface area contributed by atoms with E-state index in [9.17, 15) is 24.0 Å². The van der Waals surface area contributed by atoms with Crippen LogP contribution < -0.4 is 21.8 Å². The maximum atomic E-state index is 13.0. The average Bonchev–Trinajstić information content (AvgIpc) is 3.34. The number of alkyl halides is 1. The Hall–Kier alpha value is -3.15. The predicted octanol–water partition coefficient (Wildman–Crippen LogP) is -0.0809. The maximum absolute atomic E-state index is 13.0. The number of carbonyl (C=O) groups is 3. The number of rotatable bonds is 9. The zero-order chi connectivity index (χ0) is 27.6. The molecule has 14 nitrogen and oxygen atoms in total. The summed E-state index contributed by atoms with van der Waals surface area (Å²) in [6.07, 6.45) is 0. The molecular weight excluding hydrogens is 580 g/mol. The molecule has 2 aliphatic rings. The highest BCUT2D eigenvalue weighted by Crippen LogP contribution is 2.41. The Morgan fingerprint density at radius 2 is 2.11 bits per heavy atom. The fourth-order valence-corrected chi connectivity index (χ4v) is 6.95. The molecule has 0 radical (unpaired) electrons. The molecule has 4 rings (SSSR count). The van der Waals surface area contributed by atoms with E-state index < -0.39 is 29.0 Å². The minimum atomic E-state index is -0.865. The van der Waals surface area contributed by atoms with Crippen LogP contribution in [0.15, 0.2) is 36.6 Å². The second kappa shape index (κ2) is 11.7. The fraction of sp³-hybridized carbons (Fsp3) is 0.400. The van der Waals surface area contributed by atoms with E-state index in [2.05, 4.69) is 30.9 Å².